The zero-order valence-electron chi connectivity index (χ0n) is 15.2. The van der Waals surface area contributed by atoms with Crippen molar-refractivity contribution >= 4 is 23.5 Å². The normalized spacial score (nSPS) is 17.4. The number of piperidine rings is 1. The minimum Gasteiger partial charge on any atom is -0.338 e. The number of benzene rings is 1. The predicted molar refractivity (Wildman–Crippen MR) is 100 cm³/mol. The third-order valence-electron chi connectivity index (χ3n) is 4.75. The van der Waals surface area contributed by atoms with Gasteiger partial charge in [0, 0.05) is 30.8 Å². The van der Waals surface area contributed by atoms with E-state index < -0.39 is 17.7 Å². The number of likely N-dealkylation sites (tertiary alicyclic amines) is 1. The predicted octanol–water partition coefficient (Wildman–Crippen LogP) is 4.56. The van der Waals surface area contributed by atoms with E-state index in [1.54, 1.807) is 23.2 Å². The highest BCUT2D eigenvalue weighted by Gasteiger charge is 2.33. The summed E-state index contributed by atoms with van der Waals surface area (Å²) in [5, 5.41) is 0.610. The molecule has 28 heavy (non-hydrogen) atoms. The van der Waals surface area contributed by atoms with Gasteiger partial charge < -0.3 is 4.90 Å². The van der Waals surface area contributed by atoms with Gasteiger partial charge >= 0.3 is 6.18 Å². The van der Waals surface area contributed by atoms with Crippen LogP contribution in [0, 0.1) is 5.92 Å². The number of carbonyl (C=O) groups is 2. The summed E-state index contributed by atoms with van der Waals surface area (Å²) in [6.07, 6.45) is 0.102. The molecule has 0 spiro atoms. The molecule has 0 bridgehead atoms. The first-order valence-corrected chi connectivity index (χ1v) is 10.0. The molecular formula is C20H19F3N2O2S. The standard InChI is InChI=1S/C20H19F3N2O2S/c1-28-18-16(8-3-9-24-18)19(27)25-10-4-6-14(12-25)17(26)13-5-2-7-15(11-13)20(21,22)23/h2-3,5,7-9,11,14H,4,6,10,12H2,1H3. The number of nitrogens with zero attached hydrogens (tertiary/aromatic N) is 2. The van der Waals surface area contributed by atoms with Crippen LogP contribution in [0.3, 0.4) is 0 Å². The van der Waals surface area contributed by atoms with Crippen LogP contribution >= 0.6 is 11.8 Å². The number of thioether (sulfide) groups is 1. The number of hydrogen-bond donors (Lipinski definition) is 0. The molecule has 3 rings (SSSR count). The van der Waals surface area contributed by atoms with Crippen molar-refractivity contribution in [2.75, 3.05) is 19.3 Å². The van der Waals surface area contributed by atoms with Gasteiger partial charge in [0.15, 0.2) is 5.78 Å². The molecule has 1 unspecified atom stereocenters. The van der Waals surface area contributed by atoms with Crippen LogP contribution in [0.25, 0.3) is 0 Å². The first-order valence-electron chi connectivity index (χ1n) is 8.81. The van der Waals surface area contributed by atoms with E-state index in [-0.39, 0.29) is 23.8 Å². The van der Waals surface area contributed by atoms with Gasteiger partial charge in [-0.1, -0.05) is 12.1 Å². The highest BCUT2D eigenvalue weighted by atomic mass is 32.2. The summed E-state index contributed by atoms with van der Waals surface area (Å²) in [5.74, 6) is -1.09. The fourth-order valence-electron chi connectivity index (χ4n) is 3.35. The second-order valence-electron chi connectivity index (χ2n) is 6.59. The number of alkyl halides is 3. The minimum atomic E-state index is -4.50. The van der Waals surface area contributed by atoms with Gasteiger partial charge in [-0.3, -0.25) is 9.59 Å². The Morgan fingerprint density at radius 2 is 2.00 bits per heavy atom. The number of rotatable bonds is 4. The third kappa shape index (κ3) is 4.38. The fraction of sp³-hybridized carbons (Fsp3) is 0.350. The number of carbonyl (C=O) groups excluding carboxylic acids is 2. The first kappa shape index (κ1) is 20.4. The van der Waals surface area contributed by atoms with Crippen LogP contribution in [0.15, 0.2) is 47.6 Å². The Bertz CT molecular complexity index is 886. The Balaban J connectivity index is 1.78. The Morgan fingerprint density at radius 1 is 1.21 bits per heavy atom. The van der Waals surface area contributed by atoms with Crippen molar-refractivity contribution in [1.29, 1.82) is 0 Å². The summed E-state index contributed by atoms with van der Waals surface area (Å²) in [7, 11) is 0. The summed E-state index contributed by atoms with van der Waals surface area (Å²) < 4.78 is 38.8. The number of halogens is 3. The maximum Gasteiger partial charge on any atom is 0.416 e. The van der Waals surface area contributed by atoms with Crippen molar-refractivity contribution in [3.8, 4) is 0 Å². The van der Waals surface area contributed by atoms with Gasteiger partial charge in [0.05, 0.1) is 11.1 Å². The van der Waals surface area contributed by atoms with Crippen molar-refractivity contribution in [3.63, 3.8) is 0 Å². The lowest BCUT2D eigenvalue weighted by molar-refractivity contribution is -0.137. The summed E-state index contributed by atoms with van der Waals surface area (Å²) in [5.41, 5.74) is -0.343. The topological polar surface area (TPSA) is 50.3 Å². The van der Waals surface area contributed by atoms with Crippen molar-refractivity contribution in [3.05, 3.63) is 59.3 Å². The molecule has 4 nitrogen and oxygen atoms in total. The molecule has 0 N–H and O–H groups in total. The Hall–Kier alpha value is -2.35. The van der Waals surface area contributed by atoms with Gasteiger partial charge in [-0.05, 0) is 43.4 Å². The Morgan fingerprint density at radius 3 is 2.71 bits per heavy atom. The SMILES string of the molecule is CSc1ncccc1C(=O)N1CCCC(C(=O)c2cccc(C(F)(F)F)c2)C1. The number of amides is 1. The van der Waals surface area contributed by atoms with Gasteiger partial charge in [-0.15, -0.1) is 11.8 Å². The highest BCUT2D eigenvalue weighted by molar-refractivity contribution is 7.98. The van der Waals surface area contributed by atoms with Gasteiger partial charge in [0.2, 0.25) is 0 Å². The molecule has 0 aliphatic carbocycles. The first-order chi connectivity index (χ1) is 13.3. The lowest BCUT2D eigenvalue weighted by Gasteiger charge is -2.32. The quantitative estimate of drug-likeness (QED) is 0.550. The Labute approximate surface area is 165 Å². The van der Waals surface area contributed by atoms with E-state index in [0.29, 0.717) is 30.0 Å². The second-order valence-corrected chi connectivity index (χ2v) is 7.39. The number of ketones is 1. The van der Waals surface area contributed by atoms with Crippen molar-refractivity contribution in [2.45, 2.75) is 24.0 Å². The second kappa shape index (κ2) is 8.34. The molecule has 1 atom stereocenters. The van der Waals surface area contributed by atoms with Crippen LogP contribution in [0.2, 0.25) is 0 Å². The largest absolute Gasteiger partial charge is 0.416 e. The van der Waals surface area contributed by atoms with Crippen LogP contribution in [0.5, 0.6) is 0 Å². The van der Waals surface area contributed by atoms with E-state index >= 15 is 0 Å². The molecule has 1 fully saturated rings. The van der Waals surface area contributed by atoms with Crippen molar-refractivity contribution < 1.29 is 22.8 Å². The number of aromatic nitrogens is 1. The highest BCUT2D eigenvalue weighted by Crippen LogP contribution is 2.31. The van der Waals surface area contributed by atoms with E-state index in [1.807, 2.05) is 6.26 Å². The number of pyridine rings is 1. The van der Waals surface area contributed by atoms with Gasteiger partial charge in [-0.2, -0.15) is 13.2 Å². The third-order valence-corrected chi connectivity index (χ3v) is 5.46. The van der Waals surface area contributed by atoms with Gasteiger partial charge in [-0.25, -0.2) is 4.98 Å². The molecule has 0 radical (unpaired) electrons. The fourth-order valence-corrected chi connectivity index (χ4v) is 3.89. The average molecular weight is 408 g/mol. The molecule has 1 aromatic carbocycles. The van der Waals surface area contributed by atoms with Crippen molar-refractivity contribution in [1.82, 2.24) is 9.88 Å². The monoisotopic (exact) mass is 408 g/mol. The smallest absolute Gasteiger partial charge is 0.338 e. The van der Waals surface area contributed by atoms with E-state index in [0.717, 1.165) is 12.1 Å². The lowest BCUT2D eigenvalue weighted by atomic mass is 9.89. The lowest BCUT2D eigenvalue weighted by Crippen LogP contribution is -2.42. The van der Waals surface area contributed by atoms with Gasteiger partial charge in [0.1, 0.15) is 5.03 Å². The zero-order chi connectivity index (χ0) is 20.3. The van der Waals surface area contributed by atoms with Crippen molar-refractivity contribution in [2.24, 2.45) is 5.92 Å². The van der Waals surface area contributed by atoms with Crippen LogP contribution in [-0.4, -0.2) is 40.9 Å². The van der Waals surface area contributed by atoms with Crippen LogP contribution in [0.4, 0.5) is 13.2 Å². The Kier molecular flexibility index (Phi) is 6.07. The zero-order valence-corrected chi connectivity index (χ0v) is 16.0. The van der Waals surface area contributed by atoms with Gasteiger partial charge in [0.25, 0.3) is 5.91 Å². The van der Waals surface area contributed by atoms with Crippen LogP contribution in [0.1, 0.15) is 39.1 Å². The molecule has 0 saturated carbocycles. The molecule has 1 amide bonds. The molecule has 1 aliphatic rings. The maximum atomic E-state index is 12.9. The van der Waals surface area contributed by atoms with E-state index in [2.05, 4.69) is 4.98 Å². The molecule has 1 aromatic heterocycles. The van der Waals surface area contributed by atoms with Crippen LogP contribution in [-0.2, 0) is 6.18 Å². The summed E-state index contributed by atoms with van der Waals surface area (Å²) in [6, 6.07) is 7.84. The molecule has 148 valence electrons. The molecule has 8 heteroatoms. The molecule has 2 aromatic rings. The molecule has 2 heterocycles. The van der Waals surface area contributed by atoms with E-state index in [1.165, 1.54) is 23.9 Å². The maximum absolute atomic E-state index is 12.9. The van der Waals surface area contributed by atoms with E-state index in [4.69, 9.17) is 0 Å². The summed E-state index contributed by atoms with van der Waals surface area (Å²) in [6.45, 7) is 0.699. The average Bonchev–Trinajstić information content (AvgIpc) is 2.72. The number of hydrogen-bond acceptors (Lipinski definition) is 4. The molecule has 1 aliphatic heterocycles. The molecule has 1 saturated heterocycles. The summed E-state index contributed by atoms with van der Waals surface area (Å²) in [4.78, 5) is 31.5. The number of Topliss-reactive ketones (excluding diaryl/α,β-unsaturated/α-hetero) is 1. The van der Waals surface area contributed by atoms with E-state index in [9.17, 15) is 22.8 Å². The molecular weight excluding hydrogens is 389 g/mol. The van der Waals surface area contributed by atoms with Crippen LogP contribution < -0.4 is 0 Å². The minimum absolute atomic E-state index is 0.0281. The summed E-state index contributed by atoms with van der Waals surface area (Å²) >= 11 is 1.36.